The average Bonchev–Trinajstić information content (AvgIpc) is 2.06. The molecule has 0 atom stereocenters. The molecule has 5 heteroatoms. The summed E-state index contributed by atoms with van der Waals surface area (Å²) in [6, 6.07) is 2.45. The Labute approximate surface area is 81.3 Å². The number of nitrogens with zero attached hydrogens (tertiary/aromatic N) is 1. The van der Waals surface area contributed by atoms with Crippen molar-refractivity contribution in [1.29, 1.82) is 0 Å². The van der Waals surface area contributed by atoms with E-state index in [1.54, 1.807) is 6.92 Å². The fourth-order valence-corrected chi connectivity index (χ4v) is 0.702. The summed E-state index contributed by atoms with van der Waals surface area (Å²) in [5.41, 5.74) is 0.123. The summed E-state index contributed by atoms with van der Waals surface area (Å²) in [7, 11) is 0. The van der Waals surface area contributed by atoms with Crippen molar-refractivity contribution in [2.45, 2.75) is 6.92 Å². The van der Waals surface area contributed by atoms with Gasteiger partial charge in [0.05, 0.1) is 12.8 Å². The van der Waals surface area contributed by atoms with Crippen molar-refractivity contribution < 1.29 is 13.9 Å². The van der Waals surface area contributed by atoms with Crippen molar-refractivity contribution in [2.75, 3.05) is 6.61 Å². The number of halogens is 2. The van der Waals surface area contributed by atoms with Crippen LogP contribution in [0.5, 0.6) is 0 Å². The Morgan fingerprint density at radius 1 is 1.62 bits per heavy atom. The van der Waals surface area contributed by atoms with Crippen LogP contribution >= 0.6 is 12.4 Å². The lowest BCUT2D eigenvalue weighted by Crippen LogP contribution is -2.06. The summed E-state index contributed by atoms with van der Waals surface area (Å²) >= 11 is 0. The SMILES string of the molecule is CCOC(=O)c1ccc(F)cn1.Cl. The molecule has 0 bridgehead atoms. The molecule has 0 aliphatic carbocycles. The Balaban J connectivity index is 0.00000144. The molecule has 0 radical (unpaired) electrons. The number of ether oxygens (including phenoxy) is 1. The van der Waals surface area contributed by atoms with Crippen molar-refractivity contribution in [3.63, 3.8) is 0 Å². The summed E-state index contributed by atoms with van der Waals surface area (Å²) in [5, 5.41) is 0. The van der Waals surface area contributed by atoms with E-state index in [0.717, 1.165) is 6.20 Å². The third-order valence-electron chi connectivity index (χ3n) is 1.21. The molecule has 13 heavy (non-hydrogen) atoms. The topological polar surface area (TPSA) is 39.2 Å². The molecule has 0 spiro atoms. The quantitative estimate of drug-likeness (QED) is 0.692. The highest BCUT2D eigenvalue weighted by atomic mass is 35.5. The summed E-state index contributed by atoms with van der Waals surface area (Å²) in [6.07, 6.45) is 0.978. The molecule has 0 N–H and O–H groups in total. The fourth-order valence-electron chi connectivity index (χ4n) is 0.702. The third-order valence-corrected chi connectivity index (χ3v) is 1.21. The van der Waals surface area contributed by atoms with Gasteiger partial charge in [0.15, 0.2) is 0 Å². The van der Waals surface area contributed by atoms with E-state index in [4.69, 9.17) is 0 Å². The van der Waals surface area contributed by atoms with Crippen LogP contribution < -0.4 is 0 Å². The van der Waals surface area contributed by atoms with Crippen molar-refractivity contribution in [2.24, 2.45) is 0 Å². The van der Waals surface area contributed by atoms with Crippen LogP contribution in [-0.2, 0) is 4.74 Å². The zero-order valence-electron chi connectivity index (χ0n) is 6.99. The number of aromatic nitrogens is 1. The minimum atomic E-state index is -0.530. The number of pyridine rings is 1. The van der Waals surface area contributed by atoms with E-state index in [1.165, 1.54) is 12.1 Å². The first-order chi connectivity index (χ1) is 5.74. The van der Waals surface area contributed by atoms with Gasteiger partial charge in [-0.3, -0.25) is 0 Å². The summed E-state index contributed by atoms with van der Waals surface area (Å²) in [6.45, 7) is 1.99. The molecule has 0 fully saturated rings. The van der Waals surface area contributed by atoms with Gasteiger partial charge in [-0.1, -0.05) is 0 Å². The molecule has 1 aromatic heterocycles. The van der Waals surface area contributed by atoms with Gasteiger partial charge < -0.3 is 4.74 Å². The average molecular weight is 206 g/mol. The largest absolute Gasteiger partial charge is 0.461 e. The van der Waals surface area contributed by atoms with Gasteiger partial charge in [0, 0.05) is 0 Å². The highest BCUT2D eigenvalue weighted by Crippen LogP contribution is 1.99. The second-order valence-corrected chi connectivity index (χ2v) is 2.08. The molecular weight excluding hydrogens is 197 g/mol. The Hall–Kier alpha value is -1.16. The Morgan fingerprint density at radius 2 is 2.31 bits per heavy atom. The maximum atomic E-state index is 12.3. The standard InChI is InChI=1S/C8H8FNO2.ClH/c1-2-12-8(11)7-4-3-6(9)5-10-7;/h3-5H,2H2,1H3;1H. The van der Waals surface area contributed by atoms with Crippen LogP contribution in [0, 0.1) is 5.82 Å². The van der Waals surface area contributed by atoms with Crippen LogP contribution in [0.25, 0.3) is 0 Å². The Morgan fingerprint density at radius 3 is 2.77 bits per heavy atom. The fraction of sp³-hybridized carbons (Fsp3) is 0.250. The number of rotatable bonds is 2. The first-order valence-corrected chi connectivity index (χ1v) is 3.52. The van der Waals surface area contributed by atoms with Crippen molar-refractivity contribution in [3.05, 3.63) is 29.8 Å². The lowest BCUT2D eigenvalue weighted by atomic mass is 10.3. The highest BCUT2D eigenvalue weighted by molar-refractivity contribution is 5.87. The minimum Gasteiger partial charge on any atom is -0.461 e. The van der Waals surface area contributed by atoms with Crippen LogP contribution in [0.1, 0.15) is 17.4 Å². The van der Waals surface area contributed by atoms with Gasteiger partial charge in [-0.05, 0) is 19.1 Å². The minimum absolute atomic E-state index is 0. The number of hydrogen-bond donors (Lipinski definition) is 0. The number of carbonyl (C=O) groups excluding carboxylic acids is 1. The van der Waals surface area contributed by atoms with E-state index in [2.05, 4.69) is 9.72 Å². The molecule has 1 heterocycles. The van der Waals surface area contributed by atoms with Crippen LogP contribution in [0.4, 0.5) is 4.39 Å². The van der Waals surface area contributed by atoms with Gasteiger partial charge in [0.2, 0.25) is 0 Å². The second-order valence-electron chi connectivity index (χ2n) is 2.08. The molecule has 0 aliphatic heterocycles. The lowest BCUT2D eigenvalue weighted by Gasteiger charge is -1.98. The van der Waals surface area contributed by atoms with Crippen molar-refractivity contribution in [1.82, 2.24) is 4.98 Å². The maximum Gasteiger partial charge on any atom is 0.356 e. The van der Waals surface area contributed by atoms with Crippen LogP contribution in [0.2, 0.25) is 0 Å². The lowest BCUT2D eigenvalue weighted by molar-refractivity contribution is 0.0519. The van der Waals surface area contributed by atoms with Gasteiger partial charge in [-0.2, -0.15) is 0 Å². The summed E-state index contributed by atoms with van der Waals surface area (Å²) < 4.78 is 17.0. The Kier molecular flexibility index (Phi) is 4.99. The predicted octanol–water partition coefficient (Wildman–Crippen LogP) is 1.82. The molecule has 1 aromatic rings. The second kappa shape index (κ2) is 5.48. The number of esters is 1. The van der Waals surface area contributed by atoms with Crippen molar-refractivity contribution >= 4 is 18.4 Å². The summed E-state index contributed by atoms with van der Waals surface area (Å²) in [4.78, 5) is 14.5. The first-order valence-electron chi connectivity index (χ1n) is 3.52. The smallest absolute Gasteiger partial charge is 0.356 e. The highest BCUT2D eigenvalue weighted by Gasteiger charge is 2.06. The van der Waals surface area contributed by atoms with Gasteiger partial charge in [0.1, 0.15) is 11.5 Å². The van der Waals surface area contributed by atoms with Gasteiger partial charge >= 0.3 is 5.97 Å². The Bertz CT molecular complexity index is 276. The third kappa shape index (κ3) is 3.38. The van der Waals surface area contributed by atoms with Crippen LogP contribution in [0.3, 0.4) is 0 Å². The predicted molar refractivity (Wildman–Crippen MR) is 47.4 cm³/mol. The molecule has 0 aromatic carbocycles. The molecule has 1 rings (SSSR count). The summed E-state index contributed by atoms with van der Waals surface area (Å²) in [5.74, 6) is -0.999. The zero-order valence-corrected chi connectivity index (χ0v) is 7.81. The number of carbonyl (C=O) groups is 1. The first kappa shape index (κ1) is 11.8. The molecule has 0 saturated heterocycles. The molecule has 0 unspecified atom stereocenters. The molecule has 72 valence electrons. The van der Waals surface area contributed by atoms with E-state index in [9.17, 15) is 9.18 Å². The van der Waals surface area contributed by atoms with E-state index >= 15 is 0 Å². The normalized spacial score (nSPS) is 8.77. The molecule has 0 amide bonds. The van der Waals surface area contributed by atoms with E-state index in [-0.39, 0.29) is 24.7 Å². The van der Waals surface area contributed by atoms with E-state index in [1.807, 2.05) is 0 Å². The molecule has 0 saturated carbocycles. The van der Waals surface area contributed by atoms with Crippen molar-refractivity contribution in [3.8, 4) is 0 Å². The maximum absolute atomic E-state index is 12.3. The van der Waals surface area contributed by atoms with Gasteiger partial charge in [-0.15, -0.1) is 12.4 Å². The number of hydrogen-bond acceptors (Lipinski definition) is 3. The van der Waals surface area contributed by atoms with Gasteiger partial charge in [-0.25, -0.2) is 14.2 Å². The van der Waals surface area contributed by atoms with Crippen LogP contribution in [0.15, 0.2) is 18.3 Å². The van der Waals surface area contributed by atoms with E-state index < -0.39 is 11.8 Å². The zero-order chi connectivity index (χ0) is 8.97. The van der Waals surface area contributed by atoms with Gasteiger partial charge in [0.25, 0.3) is 0 Å². The molecule has 3 nitrogen and oxygen atoms in total. The van der Waals surface area contributed by atoms with E-state index in [0.29, 0.717) is 0 Å². The monoisotopic (exact) mass is 205 g/mol. The van der Waals surface area contributed by atoms with Crippen LogP contribution in [-0.4, -0.2) is 17.6 Å². The molecular formula is C8H9ClFNO2. The molecule has 0 aliphatic rings.